The molecule has 1 N–H and O–H groups in total. The van der Waals surface area contributed by atoms with E-state index < -0.39 is 22.7 Å². The van der Waals surface area contributed by atoms with Gasteiger partial charge in [0.05, 0.1) is 22.1 Å². The Bertz CT molecular complexity index is 1460. The van der Waals surface area contributed by atoms with Gasteiger partial charge in [-0.3, -0.25) is 9.59 Å². The Hall–Kier alpha value is -3.29. The summed E-state index contributed by atoms with van der Waals surface area (Å²) in [6.45, 7) is 0. The second kappa shape index (κ2) is 5.12. The van der Waals surface area contributed by atoms with E-state index in [0.717, 1.165) is 39.0 Å². The van der Waals surface area contributed by atoms with E-state index in [0.29, 0.717) is 18.4 Å². The van der Waals surface area contributed by atoms with Gasteiger partial charge in [-0.15, -0.1) is 0 Å². The number of hydrogen-bond acceptors (Lipinski definition) is 2. The van der Waals surface area contributed by atoms with Crippen molar-refractivity contribution in [3.05, 3.63) is 73.7 Å². The molecule has 1 aliphatic rings. The quantitative estimate of drug-likeness (QED) is 0.483. The fourth-order valence-corrected chi connectivity index (χ4v) is 3.93. The third kappa shape index (κ3) is 2.12. The number of halogens is 3. The third-order valence-electron chi connectivity index (χ3n) is 5.02. The summed E-state index contributed by atoms with van der Waals surface area (Å²) < 4.78 is 44.0. The number of fused-ring (bicyclic) bond motifs is 5. The fraction of sp³-hybridized carbons (Fsp3) is 0.158. The summed E-state index contributed by atoms with van der Waals surface area (Å²) in [7, 11) is 0. The first-order valence-electron chi connectivity index (χ1n) is 8.33. The molecule has 0 bridgehead atoms. The third-order valence-corrected chi connectivity index (χ3v) is 5.02. The van der Waals surface area contributed by atoms with Crippen molar-refractivity contribution < 1.29 is 13.2 Å². The van der Waals surface area contributed by atoms with Crippen LogP contribution in [-0.4, -0.2) is 13.8 Å². The van der Waals surface area contributed by atoms with E-state index in [1.54, 1.807) is 10.6 Å². The second-order valence-electron chi connectivity index (χ2n) is 6.56. The smallest absolute Gasteiger partial charge is 0.364 e. The number of nitrogens with zero attached hydrogens (tertiary/aromatic N) is 2. The van der Waals surface area contributed by atoms with Crippen molar-refractivity contribution in [2.24, 2.45) is 0 Å². The average molecular weight is 371 g/mol. The summed E-state index contributed by atoms with van der Waals surface area (Å²) in [6.07, 6.45) is 2.70. The molecule has 0 radical (unpaired) electrons. The molecule has 0 spiro atoms. The lowest BCUT2D eigenvalue weighted by molar-refractivity contribution is -0.142. The number of aryl methyl sites for hydroxylation is 1. The van der Waals surface area contributed by atoms with Gasteiger partial charge in [0.2, 0.25) is 10.9 Å². The van der Waals surface area contributed by atoms with Crippen LogP contribution in [0, 0.1) is 0 Å². The molecule has 1 aromatic carbocycles. The first-order valence-corrected chi connectivity index (χ1v) is 8.33. The molecule has 5 rings (SSSR count). The van der Waals surface area contributed by atoms with E-state index in [1.165, 1.54) is 6.20 Å². The molecule has 4 aromatic rings. The highest BCUT2D eigenvalue weighted by atomic mass is 19.4. The van der Waals surface area contributed by atoms with Crippen molar-refractivity contribution in [2.45, 2.75) is 19.0 Å². The molecule has 8 heteroatoms. The first-order chi connectivity index (χ1) is 12.9. The molecule has 5 nitrogen and oxygen atoms in total. The minimum Gasteiger partial charge on any atom is -0.364 e. The predicted octanol–water partition coefficient (Wildman–Crippen LogP) is 2.42. The number of alkyl halides is 3. The van der Waals surface area contributed by atoms with Crippen LogP contribution >= 0.6 is 0 Å². The number of rotatable bonds is 0. The predicted molar refractivity (Wildman–Crippen MR) is 94.6 cm³/mol. The monoisotopic (exact) mass is 371 g/mol. The summed E-state index contributed by atoms with van der Waals surface area (Å²) >= 11 is 0. The minimum absolute atomic E-state index is 0.0382. The van der Waals surface area contributed by atoms with Crippen LogP contribution < -0.4 is 16.1 Å². The van der Waals surface area contributed by atoms with Gasteiger partial charge in [-0.25, -0.2) is 0 Å². The van der Waals surface area contributed by atoms with Crippen molar-refractivity contribution in [2.75, 3.05) is 0 Å². The molecule has 136 valence electrons. The Morgan fingerprint density at radius 3 is 2.48 bits per heavy atom. The van der Waals surface area contributed by atoms with Gasteiger partial charge in [0, 0.05) is 36.3 Å². The number of aromatic amines is 1. The average Bonchev–Trinajstić information content (AvgIpc) is 3.02. The Morgan fingerprint density at radius 1 is 1.00 bits per heavy atom. The molecule has 0 unspecified atom stereocenters. The van der Waals surface area contributed by atoms with Gasteiger partial charge in [0.1, 0.15) is 5.69 Å². The van der Waals surface area contributed by atoms with Gasteiger partial charge in [0.15, 0.2) is 0 Å². The standard InChI is InChI=1S/C19H12F3N3O2/c20-19(21,22)17-9-23-8-14-11-3-1-2-10-4-5-24(18(10)11)12-6-15(26)16(27)7-13(12)25(14)17/h2,4-9,23H,1,3H2. The van der Waals surface area contributed by atoms with Gasteiger partial charge in [-0.2, -0.15) is 13.2 Å². The van der Waals surface area contributed by atoms with Crippen LogP contribution in [0.25, 0.3) is 28.1 Å². The molecule has 0 atom stereocenters. The van der Waals surface area contributed by atoms with E-state index in [2.05, 4.69) is 4.98 Å². The maximum atomic E-state index is 13.8. The molecule has 0 aliphatic heterocycles. The van der Waals surface area contributed by atoms with E-state index in [9.17, 15) is 22.8 Å². The zero-order valence-electron chi connectivity index (χ0n) is 13.8. The summed E-state index contributed by atoms with van der Waals surface area (Å²) in [6, 6.07) is 3.97. The van der Waals surface area contributed by atoms with Crippen molar-refractivity contribution in [3.63, 3.8) is 0 Å². The molecule has 3 aromatic heterocycles. The zero-order chi connectivity index (χ0) is 18.9. The normalized spacial score (nSPS) is 14.0. The molecular weight excluding hydrogens is 359 g/mol. The van der Waals surface area contributed by atoms with E-state index in [4.69, 9.17) is 0 Å². The highest BCUT2D eigenvalue weighted by Gasteiger charge is 2.34. The van der Waals surface area contributed by atoms with E-state index in [-0.39, 0.29) is 11.0 Å². The highest BCUT2D eigenvalue weighted by Crippen LogP contribution is 2.32. The Labute approximate surface area is 148 Å². The topological polar surface area (TPSA) is 58.8 Å². The maximum absolute atomic E-state index is 13.8. The highest BCUT2D eigenvalue weighted by molar-refractivity contribution is 5.85. The number of aromatic nitrogens is 3. The summed E-state index contributed by atoms with van der Waals surface area (Å²) in [5, 5.41) is 0.895. The Balaban J connectivity index is 2.26. The van der Waals surface area contributed by atoms with Crippen LogP contribution in [0.5, 0.6) is 0 Å². The van der Waals surface area contributed by atoms with Crippen molar-refractivity contribution in [1.82, 2.24) is 13.8 Å². The molecule has 27 heavy (non-hydrogen) atoms. The lowest BCUT2D eigenvalue weighted by atomic mass is 10.0. The minimum atomic E-state index is -4.65. The van der Waals surface area contributed by atoms with Crippen molar-refractivity contribution in [3.8, 4) is 0 Å². The molecule has 0 saturated carbocycles. The largest absolute Gasteiger partial charge is 0.433 e. The molecule has 0 saturated heterocycles. The van der Waals surface area contributed by atoms with E-state index in [1.807, 2.05) is 12.1 Å². The Kier molecular flexibility index (Phi) is 3.02. The maximum Gasteiger partial charge on any atom is 0.433 e. The summed E-state index contributed by atoms with van der Waals surface area (Å²) in [4.78, 5) is 26.6. The second-order valence-corrected chi connectivity index (χ2v) is 6.56. The lowest BCUT2D eigenvalue weighted by Crippen LogP contribution is -2.22. The summed E-state index contributed by atoms with van der Waals surface area (Å²) in [5.41, 5.74) is -0.421. The van der Waals surface area contributed by atoms with Crippen LogP contribution in [0.4, 0.5) is 13.2 Å². The number of nitrogens with one attached hydrogen (secondary N) is 1. The van der Waals surface area contributed by atoms with Crippen LogP contribution in [0.3, 0.4) is 0 Å². The molecule has 0 amide bonds. The molecule has 0 fully saturated rings. The number of hydrogen-bond donors (Lipinski definition) is 1. The summed E-state index contributed by atoms with van der Waals surface area (Å²) in [5.74, 6) is 0. The number of benzene rings is 1. The molecule has 3 heterocycles. The van der Waals surface area contributed by atoms with Crippen LogP contribution in [0.1, 0.15) is 17.7 Å². The van der Waals surface area contributed by atoms with Crippen LogP contribution in [0.2, 0.25) is 0 Å². The lowest BCUT2D eigenvalue weighted by Gasteiger charge is -2.14. The van der Waals surface area contributed by atoms with Gasteiger partial charge in [-0.05, 0) is 24.1 Å². The van der Waals surface area contributed by atoms with Crippen LogP contribution in [-0.2, 0) is 12.6 Å². The van der Waals surface area contributed by atoms with Gasteiger partial charge in [0.25, 0.3) is 0 Å². The Morgan fingerprint density at radius 2 is 1.74 bits per heavy atom. The van der Waals surface area contributed by atoms with Crippen molar-refractivity contribution >= 4 is 28.1 Å². The molecule has 1 aliphatic carbocycles. The van der Waals surface area contributed by atoms with Gasteiger partial charge < -0.3 is 13.8 Å². The number of H-pyrrole nitrogens is 1. The van der Waals surface area contributed by atoms with Crippen molar-refractivity contribution in [1.29, 1.82) is 0 Å². The SMILES string of the molecule is O=c1cc2c(cc1=O)n1c(C(F)(F)F)c[nH]cc1c1c3c(ccn32)=CCC1. The molecular formula is C19H12F3N3O2. The fourth-order valence-electron chi connectivity index (χ4n) is 3.93. The first kappa shape index (κ1) is 15.9. The van der Waals surface area contributed by atoms with E-state index >= 15 is 0 Å². The zero-order valence-corrected chi connectivity index (χ0v) is 13.8. The van der Waals surface area contributed by atoms with Crippen LogP contribution in [0.15, 0.2) is 46.4 Å². The van der Waals surface area contributed by atoms with Gasteiger partial charge >= 0.3 is 6.18 Å². The van der Waals surface area contributed by atoms with Gasteiger partial charge in [-0.1, -0.05) is 6.08 Å².